The maximum Gasteiger partial charge on any atom is 0.232 e. The normalized spacial score (nSPS) is 20.9. The fraction of sp³-hybridized carbons (Fsp3) is 0.400. The van der Waals surface area contributed by atoms with Gasteiger partial charge in [-0.15, -0.1) is 0 Å². The molecular weight excluding hydrogens is 496 g/mol. The number of benzene rings is 1. The minimum atomic E-state index is -0.440. The van der Waals surface area contributed by atoms with Gasteiger partial charge in [-0.05, 0) is 37.3 Å². The first-order valence-corrected chi connectivity index (χ1v) is 12.7. The Hall–Kier alpha value is -3.86. The van der Waals surface area contributed by atoms with Crippen LogP contribution in [0.3, 0.4) is 0 Å². The predicted molar refractivity (Wildman–Crippen MR) is 140 cm³/mol. The van der Waals surface area contributed by atoms with Crippen LogP contribution in [-0.2, 0) is 9.59 Å². The Morgan fingerprint density at radius 2 is 1.92 bits per heavy atom. The van der Waals surface area contributed by atoms with Crippen molar-refractivity contribution in [1.29, 1.82) is 0 Å². The number of allylic oxidation sites excluding steroid dienone is 1. The van der Waals surface area contributed by atoms with E-state index in [2.05, 4.69) is 25.9 Å². The van der Waals surface area contributed by atoms with Crippen LogP contribution in [-0.4, -0.2) is 57.6 Å². The monoisotopic (exact) mass is 524 g/mol. The van der Waals surface area contributed by atoms with E-state index in [0.29, 0.717) is 44.7 Å². The van der Waals surface area contributed by atoms with Crippen molar-refractivity contribution in [3.8, 4) is 0 Å². The number of nitrogens with one attached hydrogen (secondary N) is 3. The van der Waals surface area contributed by atoms with Gasteiger partial charge in [-0.2, -0.15) is 0 Å². The van der Waals surface area contributed by atoms with Gasteiger partial charge < -0.3 is 32.3 Å². The zero-order chi connectivity index (χ0) is 26.2. The van der Waals surface area contributed by atoms with E-state index in [9.17, 15) is 14.4 Å². The molecule has 1 atom stereocenters. The van der Waals surface area contributed by atoms with Crippen LogP contribution in [0.25, 0.3) is 0 Å². The molecule has 0 saturated carbocycles. The summed E-state index contributed by atoms with van der Waals surface area (Å²) in [7, 11) is 0. The molecule has 12 heteroatoms. The lowest BCUT2D eigenvalue weighted by Crippen LogP contribution is -2.53. The van der Waals surface area contributed by atoms with E-state index in [1.807, 2.05) is 29.2 Å². The summed E-state index contributed by atoms with van der Waals surface area (Å²) >= 11 is 5.89. The molecule has 37 heavy (non-hydrogen) atoms. The average Bonchev–Trinajstić information content (AvgIpc) is 3.41. The number of hydrogen-bond donors (Lipinski definition) is 5. The number of halogens is 1. The number of fused-ring (bicyclic) bond motifs is 1. The number of nitrogen functional groups attached to an aromatic ring is 2. The number of anilines is 3. The van der Waals surface area contributed by atoms with Crippen LogP contribution in [0.2, 0.25) is 5.15 Å². The fourth-order valence-corrected chi connectivity index (χ4v) is 5.34. The number of carbonyl (C=O) groups excluding carboxylic acids is 3. The van der Waals surface area contributed by atoms with E-state index in [1.165, 1.54) is 6.08 Å². The molecule has 1 unspecified atom stereocenters. The highest BCUT2D eigenvalue weighted by molar-refractivity contribution is 6.31. The van der Waals surface area contributed by atoms with Crippen LogP contribution >= 0.6 is 11.6 Å². The maximum absolute atomic E-state index is 12.8. The Balaban J connectivity index is 1.11. The lowest BCUT2D eigenvalue weighted by molar-refractivity contribution is -0.133. The first-order chi connectivity index (χ1) is 17.7. The van der Waals surface area contributed by atoms with Crippen molar-refractivity contribution in [3.63, 3.8) is 0 Å². The molecule has 1 aromatic heterocycles. The van der Waals surface area contributed by atoms with Gasteiger partial charge in [-0.25, -0.2) is 9.97 Å². The topological polar surface area (TPSA) is 168 Å². The second-order valence-corrected chi connectivity index (χ2v) is 10.1. The molecule has 7 N–H and O–H groups in total. The lowest BCUT2D eigenvalue weighted by atomic mass is 9.88. The molecule has 2 saturated heterocycles. The number of hydrogen-bond acceptors (Lipinski definition) is 9. The van der Waals surface area contributed by atoms with Crippen molar-refractivity contribution in [2.45, 2.75) is 43.6 Å². The van der Waals surface area contributed by atoms with Crippen molar-refractivity contribution in [2.75, 3.05) is 36.4 Å². The summed E-state index contributed by atoms with van der Waals surface area (Å²) in [6, 6.07) is 7.71. The summed E-state index contributed by atoms with van der Waals surface area (Å²) in [5.74, 6) is -0.0751. The van der Waals surface area contributed by atoms with E-state index >= 15 is 0 Å². The van der Waals surface area contributed by atoms with Crippen molar-refractivity contribution < 1.29 is 14.4 Å². The smallest absolute Gasteiger partial charge is 0.232 e. The molecule has 0 radical (unpaired) electrons. The number of para-hydroxylation sites is 1. The Morgan fingerprint density at radius 1 is 1.16 bits per heavy atom. The number of carbonyl (C=O) groups is 3. The summed E-state index contributed by atoms with van der Waals surface area (Å²) in [4.78, 5) is 47.5. The second-order valence-electron chi connectivity index (χ2n) is 9.72. The number of nitrogens with zero attached hydrogens (tertiary/aromatic N) is 3. The molecule has 3 aliphatic heterocycles. The van der Waals surface area contributed by atoms with Crippen molar-refractivity contribution in [2.24, 2.45) is 0 Å². The third-order valence-corrected chi connectivity index (χ3v) is 7.58. The number of likely N-dealkylation sites (tertiary alicyclic amines) is 1. The fourth-order valence-electron chi connectivity index (χ4n) is 5.21. The Labute approximate surface area is 219 Å². The molecular formula is C25H29ClN8O3. The highest BCUT2D eigenvalue weighted by atomic mass is 35.5. The number of ketones is 1. The van der Waals surface area contributed by atoms with Crippen LogP contribution in [0.1, 0.15) is 54.1 Å². The van der Waals surface area contributed by atoms with Crippen LogP contribution in [0.15, 0.2) is 36.2 Å². The molecule has 2 fully saturated rings. The van der Waals surface area contributed by atoms with Crippen molar-refractivity contribution in [3.05, 3.63) is 52.6 Å². The van der Waals surface area contributed by atoms with Gasteiger partial charge in [-0.3, -0.25) is 14.4 Å². The molecule has 11 nitrogen and oxygen atoms in total. The quantitative estimate of drug-likeness (QED) is 0.279. The molecule has 3 aliphatic rings. The van der Waals surface area contributed by atoms with Gasteiger partial charge in [0.05, 0.1) is 11.5 Å². The van der Waals surface area contributed by atoms with E-state index in [1.54, 1.807) is 0 Å². The highest BCUT2D eigenvalue weighted by Crippen LogP contribution is 2.35. The molecule has 0 bridgehead atoms. The minimum absolute atomic E-state index is 0.00457. The van der Waals surface area contributed by atoms with Gasteiger partial charge in [-0.1, -0.05) is 29.8 Å². The van der Waals surface area contributed by atoms with Crippen molar-refractivity contribution in [1.82, 2.24) is 25.5 Å². The van der Waals surface area contributed by atoms with Crippen LogP contribution < -0.4 is 27.4 Å². The molecule has 1 aromatic carbocycles. The molecule has 1 spiro atoms. The van der Waals surface area contributed by atoms with Crippen molar-refractivity contribution >= 4 is 46.5 Å². The summed E-state index contributed by atoms with van der Waals surface area (Å²) in [5.41, 5.74) is 12.9. The van der Waals surface area contributed by atoms with E-state index < -0.39 is 5.78 Å². The van der Waals surface area contributed by atoms with E-state index in [0.717, 1.165) is 24.1 Å². The predicted octanol–water partition coefficient (Wildman–Crippen LogP) is 1.78. The number of rotatable bonds is 6. The summed E-state index contributed by atoms with van der Waals surface area (Å²) < 4.78 is 0. The van der Waals surface area contributed by atoms with Gasteiger partial charge in [0.2, 0.25) is 17.6 Å². The van der Waals surface area contributed by atoms with Gasteiger partial charge in [0.25, 0.3) is 0 Å². The summed E-state index contributed by atoms with van der Waals surface area (Å²) in [6.07, 6.45) is 4.58. The van der Waals surface area contributed by atoms with Crippen LogP contribution in [0, 0.1) is 0 Å². The minimum Gasteiger partial charge on any atom is -0.382 e. The molecule has 2 amide bonds. The van der Waals surface area contributed by atoms with Gasteiger partial charge in [0, 0.05) is 37.8 Å². The molecule has 4 heterocycles. The van der Waals surface area contributed by atoms with Gasteiger partial charge in [0.1, 0.15) is 5.82 Å². The molecule has 194 valence electrons. The molecule has 2 aromatic rings. The second kappa shape index (κ2) is 9.89. The van der Waals surface area contributed by atoms with Gasteiger partial charge in [0.15, 0.2) is 22.5 Å². The lowest BCUT2D eigenvalue weighted by Gasteiger charge is -2.39. The Bertz CT molecular complexity index is 1290. The standard InChI is InChI=1S/C25H29ClN8O3/c26-21-23(28)32-22(27)20(31-21)17(35)12-18-29-13-25(33-18)8-10-34(11-9-25)19(36)7-3-5-15-14-4-1-2-6-16(14)30-24(15)37/h1-2,4,6,12,15,29,33H,3,5,7-11,13H2,(H,30,37)(H4,27,28,32)/b18-12+. The first-order valence-electron chi connectivity index (χ1n) is 12.3. The largest absolute Gasteiger partial charge is 0.382 e. The highest BCUT2D eigenvalue weighted by Gasteiger charge is 2.40. The number of nitrogens with two attached hydrogens (primary N) is 2. The molecule has 5 rings (SSSR count). The SMILES string of the molecule is Nc1nc(N)c(C(=O)/C=C2\NCC3(CCN(C(=O)CCCC4C(=O)Nc5ccccc54)CC3)N2)nc1Cl. The third kappa shape index (κ3) is 5.04. The van der Waals surface area contributed by atoms with Crippen LogP contribution in [0.5, 0.6) is 0 Å². The Morgan fingerprint density at radius 3 is 2.70 bits per heavy atom. The van der Waals surface area contributed by atoms with E-state index in [4.69, 9.17) is 23.1 Å². The average molecular weight is 525 g/mol. The number of piperidine rings is 1. The summed E-state index contributed by atoms with van der Waals surface area (Å²) in [5, 5.41) is 9.47. The maximum atomic E-state index is 12.8. The summed E-state index contributed by atoms with van der Waals surface area (Å²) in [6.45, 7) is 1.87. The zero-order valence-corrected chi connectivity index (χ0v) is 21.0. The van der Waals surface area contributed by atoms with E-state index in [-0.39, 0.29) is 45.8 Å². The third-order valence-electron chi connectivity index (χ3n) is 7.30. The number of amides is 2. The number of aromatic nitrogens is 2. The zero-order valence-electron chi connectivity index (χ0n) is 20.2. The molecule has 0 aliphatic carbocycles. The van der Waals surface area contributed by atoms with Crippen LogP contribution in [0.4, 0.5) is 17.3 Å². The Kier molecular flexibility index (Phi) is 6.63. The van der Waals surface area contributed by atoms with Gasteiger partial charge >= 0.3 is 0 Å². The first kappa shape index (κ1) is 24.8.